The summed E-state index contributed by atoms with van der Waals surface area (Å²) in [7, 11) is 0. The fourth-order valence-corrected chi connectivity index (χ4v) is 6.45. The lowest BCUT2D eigenvalue weighted by Crippen LogP contribution is -2.30. The molecule has 0 fully saturated rings. The number of carbonyl (C=O) groups excluding carboxylic acids is 3. The predicted octanol–water partition coefficient (Wildman–Crippen LogP) is 13.6. The van der Waals surface area contributed by atoms with Crippen LogP contribution < -0.4 is 0 Å². The molecular weight excluding hydrogens is 624 g/mol. The van der Waals surface area contributed by atoms with Gasteiger partial charge in [0.15, 0.2) is 6.10 Å². The van der Waals surface area contributed by atoms with Crippen LogP contribution in [0.3, 0.4) is 0 Å². The molecule has 50 heavy (non-hydrogen) atoms. The Kier molecular flexibility index (Phi) is 37.4. The van der Waals surface area contributed by atoms with Crippen molar-refractivity contribution in [2.45, 2.75) is 246 Å². The van der Waals surface area contributed by atoms with Crippen LogP contribution in [-0.4, -0.2) is 37.2 Å². The molecule has 0 rings (SSSR count). The maximum atomic E-state index is 12.7. The first-order valence-corrected chi connectivity index (χ1v) is 21.9. The Balaban J connectivity index is 4.34. The Morgan fingerprint density at radius 1 is 0.380 bits per heavy atom. The number of hydrogen-bond donors (Lipinski definition) is 0. The summed E-state index contributed by atoms with van der Waals surface area (Å²) < 4.78 is 16.7. The lowest BCUT2D eigenvalue weighted by Gasteiger charge is -2.18. The van der Waals surface area contributed by atoms with Gasteiger partial charge in [-0.25, -0.2) is 0 Å². The molecule has 0 aromatic heterocycles. The van der Waals surface area contributed by atoms with Crippen LogP contribution >= 0.6 is 0 Å². The zero-order valence-corrected chi connectivity index (χ0v) is 33.9. The summed E-state index contributed by atoms with van der Waals surface area (Å²) in [6.07, 6.45) is 36.6. The maximum absolute atomic E-state index is 12.7. The monoisotopic (exact) mass is 709 g/mol. The van der Waals surface area contributed by atoms with Gasteiger partial charge in [-0.15, -0.1) is 0 Å². The molecule has 0 saturated heterocycles. The molecule has 296 valence electrons. The van der Waals surface area contributed by atoms with Crippen molar-refractivity contribution in [2.24, 2.45) is 5.92 Å². The molecule has 0 aliphatic rings. The van der Waals surface area contributed by atoms with E-state index in [1.54, 1.807) is 0 Å². The molecule has 0 N–H and O–H groups in total. The lowest BCUT2D eigenvalue weighted by molar-refractivity contribution is -0.167. The summed E-state index contributed by atoms with van der Waals surface area (Å²) in [6.45, 7) is 8.92. The Labute approximate surface area is 310 Å². The minimum Gasteiger partial charge on any atom is -0.462 e. The van der Waals surface area contributed by atoms with Gasteiger partial charge < -0.3 is 14.2 Å². The molecule has 0 bridgehead atoms. The van der Waals surface area contributed by atoms with Gasteiger partial charge >= 0.3 is 17.9 Å². The van der Waals surface area contributed by atoms with Crippen LogP contribution in [0.15, 0.2) is 0 Å². The standard InChI is InChI=1S/C44H84O6/c1-5-7-9-11-13-15-17-18-20-24-29-33-37-44(47)50-41(38-48-42(45)35-31-27-23-19-16-14-12-10-8-6-2)39-49-43(46)36-32-28-25-21-22-26-30-34-40(3)4/h40-41H,5-39H2,1-4H3/t41-/m0/s1. The molecule has 0 aromatic rings. The first-order valence-electron chi connectivity index (χ1n) is 21.9. The lowest BCUT2D eigenvalue weighted by atomic mass is 10.0. The smallest absolute Gasteiger partial charge is 0.306 e. The first kappa shape index (κ1) is 48.4. The fraction of sp³-hybridized carbons (Fsp3) is 0.932. The molecule has 1 atom stereocenters. The topological polar surface area (TPSA) is 78.9 Å². The Bertz CT molecular complexity index is 751. The normalized spacial score (nSPS) is 11.9. The second-order valence-electron chi connectivity index (χ2n) is 15.5. The Morgan fingerprint density at radius 2 is 0.660 bits per heavy atom. The van der Waals surface area contributed by atoms with E-state index in [2.05, 4.69) is 27.7 Å². The highest BCUT2D eigenvalue weighted by molar-refractivity contribution is 5.71. The fourth-order valence-electron chi connectivity index (χ4n) is 6.45. The second kappa shape index (κ2) is 38.6. The van der Waals surface area contributed by atoms with Gasteiger partial charge in [-0.05, 0) is 25.2 Å². The molecule has 6 nitrogen and oxygen atoms in total. The van der Waals surface area contributed by atoms with Gasteiger partial charge in [-0.2, -0.15) is 0 Å². The minimum absolute atomic E-state index is 0.0646. The van der Waals surface area contributed by atoms with E-state index in [-0.39, 0.29) is 31.1 Å². The molecule has 0 saturated carbocycles. The van der Waals surface area contributed by atoms with Gasteiger partial charge in [0.1, 0.15) is 13.2 Å². The predicted molar refractivity (Wildman–Crippen MR) is 210 cm³/mol. The molecule has 0 amide bonds. The van der Waals surface area contributed by atoms with Crippen LogP contribution in [0.25, 0.3) is 0 Å². The van der Waals surface area contributed by atoms with Crippen molar-refractivity contribution in [1.82, 2.24) is 0 Å². The van der Waals surface area contributed by atoms with Crippen LogP contribution in [0.5, 0.6) is 0 Å². The first-order chi connectivity index (χ1) is 24.4. The third-order valence-corrected chi connectivity index (χ3v) is 9.79. The second-order valence-corrected chi connectivity index (χ2v) is 15.5. The van der Waals surface area contributed by atoms with Gasteiger partial charge in [-0.1, -0.05) is 201 Å². The summed E-state index contributed by atoms with van der Waals surface area (Å²) in [5.41, 5.74) is 0. The van der Waals surface area contributed by atoms with Crippen molar-refractivity contribution in [3.05, 3.63) is 0 Å². The molecule has 0 unspecified atom stereocenters. The number of carbonyl (C=O) groups is 3. The molecular formula is C44H84O6. The van der Waals surface area contributed by atoms with E-state index >= 15 is 0 Å². The average molecular weight is 709 g/mol. The van der Waals surface area contributed by atoms with Gasteiger partial charge in [-0.3, -0.25) is 14.4 Å². The summed E-state index contributed by atoms with van der Waals surface area (Å²) in [5, 5.41) is 0. The molecule has 0 aliphatic heterocycles. The molecule has 0 aromatic carbocycles. The van der Waals surface area contributed by atoms with E-state index in [1.807, 2.05) is 0 Å². The van der Waals surface area contributed by atoms with Gasteiger partial charge in [0, 0.05) is 19.3 Å². The molecule has 0 radical (unpaired) electrons. The summed E-state index contributed by atoms with van der Waals surface area (Å²) in [5.74, 6) is -0.0789. The van der Waals surface area contributed by atoms with E-state index < -0.39 is 6.10 Å². The third kappa shape index (κ3) is 37.7. The molecule has 6 heteroatoms. The van der Waals surface area contributed by atoms with E-state index in [9.17, 15) is 14.4 Å². The van der Waals surface area contributed by atoms with Crippen molar-refractivity contribution in [3.8, 4) is 0 Å². The molecule has 0 spiro atoms. The zero-order valence-electron chi connectivity index (χ0n) is 33.9. The van der Waals surface area contributed by atoms with Crippen LogP contribution in [0.4, 0.5) is 0 Å². The van der Waals surface area contributed by atoms with Crippen molar-refractivity contribution in [3.63, 3.8) is 0 Å². The number of esters is 3. The van der Waals surface area contributed by atoms with Gasteiger partial charge in [0.25, 0.3) is 0 Å². The minimum atomic E-state index is -0.758. The molecule has 0 heterocycles. The van der Waals surface area contributed by atoms with E-state index in [0.29, 0.717) is 19.3 Å². The van der Waals surface area contributed by atoms with Crippen molar-refractivity contribution >= 4 is 17.9 Å². The summed E-state index contributed by atoms with van der Waals surface area (Å²) in [6, 6.07) is 0. The largest absolute Gasteiger partial charge is 0.462 e. The number of rotatable bonds is 39. The van der Waals surface area contributed by atoms with E-state index in [1.165, 1.54) is 135 Å². The summed E-state index contributed by atoms with van der Waals surface area (Å²) >= 11 is 0. The number of ether oxygens (including phenoxy) is 3. The maximum Gasteiger partial charge on any atom is 0.306 e. The Morgan fingerprint density at radius 3 is 0.980 bits per heavy atom. The van der Waals surface area contributed by atoms with Crippen LogP contribution in [0.1, 0.15) is 240 Å². The zero-order chi connectivity index (χ0) is 36.8. The summed E-state index contributed by atoms with van der Waals surface area (Å²) in [4.78, 5) is 37.6. The highest BCUT2D eigenvalue weighted by Gasteiger charge is 2.19. The highest BCUT2D eigenvalue weighted by atomic mass is 16.6. The van der Waals surface area contributed by atoms with Crippen molar-refractivity contribution < 1.29 is 28.6 Å². The van der Waals surface area contributed by atoms with Crippen molar-refractivity contribution in [1.29, 1.82) is 0 Å². The van der Waals surface area contributed by atoms with Crippen LogP contribution in [0.2, 0.25) is 0 Å². The Hall–Kier alpha value is -1.59. The van der Waals surface area contributed by atoms with Crippen molar-refractivity contribution in [2.75, 3.05) is 13.2 Å². The molecule has 0 aliphatic carbocycles. The van der Waals surface area contributed by atoms with Gasteiger partial charge in [0.05, 0.1) is 0 Å². The number of hydrogen-bond acceptors (Lipinski definition) is 6. The van der Waals surface area contributed by atoms with Crippen LogP contribution in [-0.2, 0) is 28.6 Å². The highest BCUT2D eigenvalue weighted by Crippen LogP contribution is 2.16. The van der Waals surface area contributed by atoms with Gasteiger partial charge in [0.2, 0.25) is 0 Å². The average Bonchev–Trinajstić information content (AvgIpc) is 3.09. The van der Waals surface area contributed by atoms with Crippen LogP contribution in [0, 0.1) is 5.92 Å². The quantitative estimate of drug-likeness (QED) is 0.0359. The SMILES string of the molecule is CCCCCCCCCCCCCCC(=O)O[C@@H](COC(=O)CCCCCCCCCCCC)COC(=O)CCCCCCCCCC(C)C. The third-order valence-electron chi connectivity index (χ3n) is 9.79. The van der Waals surface area contributed by atoms with E-state index in [0.717, 1.165) is 63.7 Å². The van der Waals surface area contributed by atoms with E-state index in [4.69, 9.17) is 14.2 Å². The number of unbranched alkanes of at least 4 members (excludes halogenated alkanes) is 26.